The molecule has 0 aliphatic carbocycles. The van der Waals surface area contributed by atoms with E-state index in [-0.39, 0.29) is 17.3 Å². The summed E-state index contributed by atoms with van der Waals surface area (Å²) in [6.45, 7) is 3.55. The second-order valence-electron chi connectivity index (χ2n) is 6.84. The lowest BCUT2D eigenvalue weighted by molar-refractivity contribution is -0.114. The molecule has 0 heterocycles. The molecule has 30 heavy (non-hydrogen) atoms. The number of anilines is 2. The Labute approximate surface area is 177 Å². The predicted octanol–water partition coefficient (Wildman–Crippen LogP) is 4.36. The first-order valence-corrected chi connectivity index (χ1v) is 10.8. The molecule has 0 saturated carbocycles. The molecule has 3 rings (SSSR count). The number of carbonyl (C=O) groups excluding carboxylic acids is 1. The molecule has 0 aromatic heterocycles. The number of rotatable bonds is 7. The maximum atomic E-state index is 13.5. The van der Waals surface area contributed by atoms with Gasteiger partial charge in [-0.3, -0.25) is 9.10 Å². The summed E-state index contributed by atoms with van der Waals surface area (Å²) in [5.41, 5.74) is 2.99. The third-order valence-corrected chi connectivity index (χ3v) is 6.49. The van der Waals surface area contributed by atoms with Crippen LogP contribution in [0.4, 0.5) is 11.4 Å². The van der Waals surface area contributed by atoms with E-state index >= 15 is 0 Å². The van der Waals surface area contributed by atoms with Crippen LogP contribution in [0.3, 0.4) is 0 Å². The number of amides is 1. The zero-order valence-electron chi connectivity index (χ0n) is 17.1. The van der Waals surface area contributed by atoms with Gasteiger partial charge in [-0.25, -0.2) is 8.42 Å². The molecular formula is C23H24N2O4S. The van der Waals surface area contributed by atoms with Gasteiger partial charge in [-0.05, 0) is 66.6 Å². The van der Waals surface area contributed by atoms with Gasteiger partial charge in [-0.15, -0.1) is 0 Å². The van der Waals surface area contributed by atoms with E-state index in [4.69, 9.17) is 4.74 Å². The molecule has 0 spiro atoms. The second-order valence-corrected chi connectivity index (χ2v) is 8.70. The predicted molar refractivity (Wildman–Crippen MR) is 118 cm³/mol. The van der Waals surface area contributed by atoms with Crippen molar-refractivity contribution in [1.29, 1.82) is 0 Å². The monoisotopic (exact) mass is 424 g/mol. The highest BCUT2D eigenvalue weighted by Crippen LogP contribution is 2.29. The van der Waals surface area contributed by atoms with Crippen molar-refractivity contribution in [2.24, 2.45) is 0 Å². The van der Waals surface area contributed by atoms with E-state index in [2.05, 4.69) is 5.32 Å². The molecule has 1 amide bonds. The number of sulfonamides is 1. The van der Waals surface area contributed by atoms with Crippen molar-refractivity contribution >= 4 is 27.3 Å². The first-order valence-electron chi connectivity index (χ1n) is 9.40. The van der Waals surface area contributed by atoms with Crippen LogP contribution in [0.2, 0.25) is 0 Å². The highest BCUT2D eigenvalue weighted by molar-refractivity contribution is 7.92. The van der Waals surface area contributed by atoms with E-state index in [9.17, 15) is 13.2 Å². The number of ether oxygens (including phenoxy) is 1. The van der Waals surface area contributed by atoms with Crippen LogP contribution in [0, 0.1) is 6.92 Å². The molecule has 0 atom stereocenters. The van der Waals surface area contributed by atoms with Crippen molar-refractivity contribution in [2.45, 2.75) is 25.3 Å². The molecule has 1 N–H and O–H groups in total. The quantitative estimate of drug-likeness (QED) is 0.612. The van der Waals surface area contributed by atoms with Crippen molar-refractivity contribution in [3.05, 3.63) is 83.9 Å². The molecule has 7 heteroatoms. The lowest BCUT2D eigenvalue weighted by atomic mass is 10.1. The molecule has 0 aliphatic rings. The fraction of sp³-hybridized carbons (Fsp3) is 0.174. The zero-order chi connectivity index (χ0) is 21.7. The summed E-state index contributed by atoms with van der Waals surface area (Å²) in [5.74, 6) is 0.427. The topological polar surface area (TPSA) is 75.7 Å². The maximum Gasteiger partial charge on any atom is 0.264 e. The Morgan fingerprint density at radius 1 is 0.967 bits per heavy atom. The van der Waals surface area contributed by atoms with Crippen LogP contribution in [0.1, 0.15) is 18.1 Å². The van der Waals surface area contributed by atoms with Crippen LogP contribution in [-0.4, -0.2) is 21.4 Å². The average Bonchev–Trinajstić information content (AvgIpc) is 2.73. The minimum absolute atomic E-state index is 0.140. The SMILES string of the molecule is COc1ccc(N(Cc2ccccc2C)S(=O)(=O)c2ccc(NC(C)=O)cc2)cc1. The van der Waals surface area contributed by atoms with E-state index in [1.807, 2.05) is 31.2 Å². The van der Waals surface area contributed by atoms with Crippen LogP contribution < -0.4 is 14.4 Å². The number of carbonyl (C=O) groups is 1. The molecule has 6 nitrogen and oxygen atoms in total. The molecule has 0 unspecified atom stereocenters. The minimum Gasteiger partial charge on any atom is -0.497 e. The molecule has 0 fully saturated rings. The Morgan fingerprint density at radius 3 is 2.17 bits per heavy atom. The van der Waals surface area contributed by atoms with Gasteiger partial charge in [0.05, 0.1) is 24.2 Å². The highest BCUT2D eigenvalue weighted by atomic mass is 32.2. The van der Waals surface area contributed by atoms with Crippen molar-refractivity contribution in [3.63, 3.8) is 0 Å². The van der Waals surface area contributed by atoms with E-state index in [1.54, 1.807) is 43.5 Å². The number of nitrogens with one attached hydrogen (secondary N) is 1. The Kier molecular flexibility index (Phi) is 6.42. The lowest BCUT2D eigenvalue weighted by Gasteiger charge is -2.25. The Morgan fingerprint density at radius 2 is 1.60 bits per heavy atom. The van der Waals surface area contributed by atoms with Gasteiger partial charge in [0.2, 0.25) is 5.91 Å². The van der Waals surface area contributed by atoms with Crippen molar-refractivity contribution in [2.75, 3.05) is 16.7 Å². The van der Waals surface area contributed by atoms with Gasteiger partial charge >= 0.3 is 0 Å². The van der Waals surface area contributed by atoms with Gasteiger partial charge in [0.1, 0.15) is 5.75 Å². The third kappa shape index (κ3) is 4.80. The molecule has 0 saturated heterocycles. The molecule has 0 bridgehead atoms. The molecule has 0 radical (unpaired) electrons. The van der Waals surface area contributed by atoms with E-state index < -0.39 is 10.0 Å². The van der Waals surface area contributed by atoms with Gasteiger partial charge in [-0.1, -0.05) is 24.3 Å². The summed E-state index contributed by atoms with van der Waals surface area (Å²) < 4.78 is 33.7. The smallest absolute Gasteiger partial charge is 0.264 e. The van der Waals surface area contributed by atoms with Gasteiger partial charge in [0.25, 0.3) is 10.0 Å². The number of hydrogen-bond donors (Lipinski definition) is 1. The van der Waals surface area contributed by atoms with Crippen molar-refractivity contribution < 1.29 is 17.9 Å². The summed E-state index contributed by atoms with van der Waals surface area (Å²) >= 11 is 0. The lowest BCUT2D eigenvalue weighted by Crippen LogP contribution is -2.30. The van der Waals surface area contributed by atoms with Gasteiger partial charge in [0, 0.05) is 12.6 Å². The van der Waals surface area contributed by atoms with Crippen LogP contribution in [0.5, 0.6) is 5.75 Å². The number of nitrogens with zero attached hydrogens (tertiary/aromatic N) is 1. The molecule has 156 valence electrons. The van der Waals surface area contributed by atoms with Crippen LogP contribution in [-0.2, 0) is 21.4 Å². The maximum absolute atomic E-state index is 13.5. The Balaban J connectivity index is 2.03. The van der Waals surface area contributed by atoms with E-state index in [0.29, 0.717) is 17.1 Å². The summed E-state index contributed by atoms with van der Waals surface area (Å²) in [6, 6.07) is 20.7. The number of hydrogen-bond acceptors (Lipinski definition) is 4. The zero-order valence-corrected chi connectivity index (χ0v) is 17.9. The Hall–Kier alpha value is -3.32. The van der Waals surface area contributed by atoms with Gasteiger partial charge in [0.15, 0.2) is 0 Å². The van der Waals surface area contributed by atoms with Gasteiger partial charge in [-0.2, -0.15) is 0 Å². The fourth-order valence-electron chi connectivity index (χ4n) is 3.05. The number of benzene rings is 3. The van der Waals surface area contributed by atoms with Crippen LogP contribution in [0.25, 0.3) is 0 Å². The summed E-state index contributed by atoms with van der Waals surface area (Å²) in [6.07, 6.45) is 0. The highest BCUT2D eigenvalue weighted by Gasteiger charge is 2.26. The van der Waals surface area contributed by atoms with E-state index in [0.717, 1.165) is 11.1 Å². The standard InChI is InChI=1S/C23H24N2O4S/c1-17-6-4-5-7-19(17)16-25(21-10-12-22(29-3)13-11-21)30(27,28)23-14-8-20(9-15-23)24-18(2)26/h4-15H,16H2,1-3H3,(H,24,26). The molecule has 0 aliphatic heterocycles. The van der Waals surface area contributed by atoms with Crippen molar-refractivity contribution in [3.8, 4) is 5.75 Å². The largest absolute Gasteiger partial charge is 0.497 e. The number of aryl methyl sites for hydroxylation is 1. The first-order chi connectivity index (χ1) is 14.3. The average molecular weight is 425 g/mol. The van der Waals surface area contributed by atoms with Crippen LogP contribution in [0.15, 0.2) is 77.7 Å². The minimum atomic E-state index is -3.85. The number of methoxy groups -OCH3 is 1. The third-order valence-electron chi connectivity index (χ3n) is 4.70. The summed E-state index contributed by atoms with van der Waals surface area (Å²) in [4.78, 5) is 11.4. The first kappa shape index (κ1) is 21.4. The van der Waals surface area contributed by atoms with Crippen molar-refractivity contribution in [1.82, 2.24) is 0 Å². The molecule has 3 aromatic carbocycles. The van der Waals surface area contributed by atoms with Gasteiger partial charge < -0.3 is 10.1 Å². The normalized spacial score (nSPS) is 11.0. The van der Waals surface area contributed by atoms with E-state index in [1.165, 1.54) is 23.4 Å². The second kappa shape index (κ2) is 9.00. The summed E-state index contributed by atoms with van der Waals surface area (Å²) in [5, 5.41) is 2.64. The van der Waals surface area contributed by atoms with Crippen LogP contribution >= 0.6 is 0 Å². The Bertz CT molecular complexity index is 1120. The summed E-state index contributed by atoms with van der Waals surface area (Å²) in [7, 11) is -2.29. The molecule has 3 aromatic rings. The molecular weight excluding hydrogens is 400 g/mol. The fourth-order valence-corrected chi connectivity index (χ4v) is 4.49.